The summed E-state index contributed by atoms with van der Waals surface area (Å²) in [6.45, 7) is 5.22. The molecule has 0 saturated carbocycles. The Morgan fingerprint density at radius 2 is 1.74 bits per heavy atom. The molecule has 27 heavy (non-hydrogen) atoms. The molecule has 5 heteroatoms. The average molecular weight is 364 g/mol. The van der Waals surface area contributed by atoms with Crippen LogP contribution in [0, 0.1) is 5.92 Å². The van der Waals surface area contributed by atoms with Crippen molar-refractivity contribution in [2.24, 2.45) is 5.92 Å². The molecule has 0 bridgehead atoms. The van der Waals surface area contributed by atoms with Gasteiger partial charge in [-0.3, -0.25) is 4.79 Å². The lowest BCUT2D eigenvalue weighted by molar-refractivity contribution is 0.0602. The molecule has 0 atom stereocenters. The SMILES string of the molecule is COC(=O)c1ccccc1NC(=O)c1cn(CCC(C)C)c2ccccc12. The van der Waals surface area contributed by atoms with E-state index in [1.54, 1.807) is 24.3 Å². The zero-order chi connectivity index (χ0) is 19.4. The number of nitrogens with zero attached hydrogens (tertiary/aromatic N) is 1. The van der Waals surface area contributed by atoms with E-state index < -0.39 is 5.97 Å². The monoisotopic (exact) mass is 364 g/mol. The Bertz CT molecular complexity index is 973. The van der Waals surface area contributed by atoms with Gasteiger partial charge >= 0.3 is 5.97 Å². The van der Waals surface area contributed by atoms with E-state index in [2.05, 4.69) is 23.7 Å². The van der Waals surface area contributed by atoms with Gasteiger partial charge in [0.2, 0.25) is 0 Å². The van der Waals surface area contributed by atoms with Crippen LogP contribution >= 0.6 is 0 Å². The first kappa shape index (κ1) is 18.7. The number of carbonyl (C=O) groups excluding carboxylic acids is 2. The van der Waals surface area contributed by atoms with Crippen molar-refractivity contribution in [2.75, 3.05) is 12.4 Å². The molecule has 0 aliphatic heterocycles. The number of hydrogen-bond donors (Lipinski definition) is 1. The number of aryl methyl sites for hydroxylation is 1. The van der Waals surface area contributed by atoms with E-state index in [0.29, 0.717) is 22.7 Å². The molecule has 5 nitrogen and oxygen atoms in total. The van der Waals surface area contributed by atoms with Crippen molar-refractivity contribution < 1.29 is 14.3 Å². The minimum absolute atomic E-state index is 0.245. The van der Waals surface area contributed by atoms with Gasteiger partial charge in [-0.15, -0.1) is 0 Å². The van der Waals surface area contributed by atoms with E-state index in [4.69, 9.17) is 4.74 Å². The number of ether oxygens (including phenoxy) is 1. The van der Waals surface area contributed by atoms with Crippen LogP contribution in [0.5, 0.6) is 0 Å². The van der Waals surface area contributed by atoms with Crippen LogP contribution in [-0.4, -0.2) is 23.6 Å². The smallest absolute Gasteiger partial charge is 0.339 e. The third kappa shape index (κ3) is 4.03. The summed E-state index contributed by atoms with van der Waals surface area (Å²) in [7, 11) is 1.32. The Morgan fingerprint density at radius 3 is 2.48 bits per heavy atom. The molecule has 1 aromatic heterocycles. The Hall–Kier alpha value is -3.08. The number of amides is 1. The zero-order valence-corrected chi connectivity index (χ0v) is 15.9. The summed E-state index contributed by atoms with van der Waals surface area (Å²) in [6, 6.07) is 14.7. The van der Waals surface area contributed by atoms with Gasteiger partial charge in [-0.25, -0.2) is 4.79 Å². The summed E-state index contributed by atoms with van der Waals surface area (Å²) in [6.07, 6.45) is 2.92. The topological polar surface area (TPSA) is 60.3 Å². The second kappa shape index (κ2) is 8.08. The largest absolute Gasteiger partial charge is 0.465 e. The van der Waals surface area contributed by atoms with Gasteiger partial charge in [0.05, 0.1) is 23.9 Å². The van der Waals surface area contributed by atoms with Crippen molar-refractivity contribution in [3.8, 4) is 0 Å². The van der Waals surface area contributed by atoms with Crippen LogP contribution in [-0.2, 0) is 11.3 Å². The van der Waals surface area contributed by atoms with E-state index >= 15 is 0 Å². The van der Waals surface area contributed by atoms with Gasteiger partial charge in [0.1, 0.15) is 0 Å². The number of rotatable bonds is 6. The second-order valence-corrected chi connectivity index (χ2v) is 6.93. The molecule has 2 aromatic carbocycles. The van der Waals surface area contributed by atoms with Crippen molar-refractivity contribution in [2.45, 2.75) is 26.8 Å². The minimum atomic E-state index is -0.481. The summed E-state index contributed by atoms with van der Waals surface area (Å²) < 4.78 is 6.92. The summed E-state index contributed by atoms with van der Waals surface area (Å²) in [5, 5.41) is 3.76. The Kier molecular flexibility index (Phi) is 5.60. The number of aromatic nitrogens is 1. The molecule has 0 radical (unpaired) electrons. The molecular formula is C22H24N2O3. The number of benzene rings is 2. The van der Waals surface area contributed by atoms with E-state index in [0.717, 1.165) is 23.9 Å². The van der Waals surface area contributed by atoms with Crippen LogP contribution in [0.25, 0.3) is 10.9 Å². The third-order valence-electron chi connectivity index (χ3n) is 4.56. The average Bonchev–Trinajstić information content (AvgIpc) is 3.05. The fourth-order valence-electron chi connectivity index (χ4n) is 3.08. The molecule has 140 valence electrons. The van der Waals surface area contributed by atoms with Crippen LogP contribution in [0.1, 0.15) is 41.0 Å². The predicted molar refractivity (Wildman–Crippen MR) is 107 cm³/mol. The van der Waals surface area contributed by atoms with Crippen LogP contribution in [0.3, 0.4) is 0 Å². The highest BCUT2D eigenvalue weighted by Crippen LogP contribution is 2.24. The summed E-state index contributed by atoms with van der Waals surface area (Å²) >= 11 is 0. The minimum Gasteiger partial charge on any atom is -0.465 e. The van der Waals surface area contributed by atoms with Crippen LogP contribution < -0.4 is 5.32 Å². The van der Waals surface area contributed by atoms with Crippen molar-refractivity contribution in [1.82, 2.24) is 4.57 Å². The molecule has 1 N–H and O–H groups in total. The maximum Gasteiger partial charge on any atom is 0.339 e. The number of anilines is 1. The molecule has 0 aliphatic carbocycles. The van der Waals surface area contributed by atoms with Gasteiger partial charge < -0.3 is 14.6 Å². The summed E-state index contributed by atoms with van der Waals surface area (Å²) in [4.78, 5) is 24.9. The number of esters is 1. The number of carbonyl (C=O) groups is 2. The van der Waals surface area contributed by atoms with Gasteiger partial charge in [-0.2, -0.15) is 0 Å². The number of para-hydroxylation sites is 2. The molecule has 0 spiro atoms. The number of methoxy groups -OCH3 is 1. The molecule has 0 unspecified atom stereocenters. The first-order valence-corrected chi connectivity index (χ1v) is 9.07. The van der Waals surface area contributed by atoms with Crippen molar-refractivity contribution >= 4 is 28.5 Å². The van der Waals surface area contributed by atoms with Crippen molar-refractivity contribution in [3.05, 3.63) is 65.9 Å². The second-order valence-electron chi connectivity index (χ2n) is 6.93. The Morgan fingerprint density at radius 1 is 1.04 bits per heavy atom. The van der Waals surface area contributed by atoms with Crippen LogP contribution in [0.2, 0.25) is 0 Å². The van der Waals surface area contributed by atoms with Gasteiger partial charge in [0, 0.05) is 23.6 Å². The van der Waals surface area contributed by atoms with Crippen LogP contribution in [0.15, 0.2) is 54.7 Å². The summed E-state index contributed by atoms with van der Waals surface area (Å²) in [5.41, 5.74) is 2.39. The van der Waals surface area contributed by atoms with Crippen molar-refractivity contribution in [1.29, 1.82) is 0 Å². The molecule has 1 amide bonds. The first-order chi connectivity index (χ1) is 13.0. The lowest BCUT2D eigenvalue weighted by Gasteiger charge is -2.09. The highest BCUT2D eigenvalue weighted by atomic mass is 16.5. The highest BCUT2D eigenvalue weighted by molar-refractivity contribution is 6.14. The molecule has 0 aliphatic rings. The van der Waals surface area contributed by atoms with E-state index in [9.17, 15) is 9.59 Å². The van der Waals surface area contributed by atoms with Gasteiger partial charge in [0.25, 0.3) is 5.91 Å². The quantitative estimate of drug-likeness (QED) is 0.644. The molecule has 0 saturated heterocycles. The Labute approximate surface area is 158 Å². The maximum absolute atomic E-state index is 13.0. The van der Waals surface area contributed by atoms with E-state index in [-0.39, 0.29) is 5.91 Å². The lowest BCUT2D eigenvalue weighted by Crippen LogP contribution is -2.15. The normalized spacial score (nSPS) is 11.0. The fourth-order valence-corrected chi connectivity index (χ4v) is 3.08. The lowest BCUT2D eigenvalue weighted by atomic mass is 10.1. The standard InChI is InChI=1S/C22H24N2O3/c1-15(2)12-13-24-14-18(16-8-5-7-11-20(16)24)21(25)23-19-10-6-4-9-17(19)22(26)27-3/h4-11,14-15H,12-13H2,1-3H3,(H,23,25). The van der Waals surface area contributed by atoms with Gasteiger partial charge in [0.15, 0.2) is 0 Å². The zero-order valence-electron chi connectivity index (χ0n) is 15.9. The van der Waals surface area contributed by atoms with Gasteiger partial charge in [-0.1, -0.05) is 44.2 Å². The third-order valence-corrected chi connectivity index (χ3v) is 4.56. The number of fused-ring (bicyclic) bond motifs is 1. The van der Waals surface area contributed by atoms with E-state index in [1.165, 1.54) is 7.11 Å². The summed E-state index contributed by atoms with van der Waals surface area (Å²) in [5.74, 6) is -0.147. The molecular weight excluding hydrogens is 340 g/mol. The molecule has 0 fully saturated rings. The van der Waals surface area contributed by atoms with Gasteiger partial charge in [-0.05, 0) is 30.5 Å². The number of hydrogen-bond acceptors (Lipinski definition) is 3. The first-order valence-electron chi connectivity index (χ1n) is 9.07. The van der Waals surface area contributed by atoms with Crippen LogP contribution in [0.4, 0.5) is 5.69 Å². The highest BCUT2D eigenvalue weighted by Gasteiger charge is 2.18. The Balaban J connectivity index is 1.94. The van der Waals surface area contributed by atoms with E-state index in [1.807, 2.05) is 30.5 Å². The number of nitrogens with one attached hydrogen (secondary N) is 1. The molecule has 1 heterocycles. The predicted octanol–water partition coefficient (Wildman–Crippen LogP) is 4.73. The van der Waals surface area contributed by atoms with Crippen molar-refractivity contribution in [3.63, 3.8) is 0 Å². The fraction of sp³-hybridized carbons (Fsp3) is 0.273. The maximum atomic E-state index is 13.0. The molecule has 3 aromatic rings. The molecule has 3 rings (SSSR count).